The summed E-state index contributed by atoms with van der Waals surface area (Å²) in [5.41, 5.74) is 0. The minimum atomic E-state index is -0.335. The van der Waals surface area contributed by atoms with Crippen molar-refractivity contribution >= 4 is 11.9 Å². The Balaban J connectivity index is 2.21. The van der Waals surface area contributed by atoms with Crippen LogP contribution in [0.5, 0.6) is 0 Å². The topological polar surface area (TPSA) is 43.4 Å². The fourth-order valence-electron chi connectivity index (χ4n) is 2.89. The fourth-order valence-corrected chi connectivity index (χ4v) is 2.89. The van der Waals surface area contributed by atoms with Gasteiger partial charge in [-0.2, -0.15) is 0 Å². The van der Waals surface area contributed by atoms with Gasteiger partial charge in [-0.25, -0.2) is 0 Å². The van der Waals surface area contributed by atoms with Crippen LogP contribution in [0.4, 0.5) is 0 Å². The monoisotopic (exact) mass is 296 g/mol. The lowest BCUT2D eigenvalue weighted by molar-refractivity contribution is -0.159. The first-order valence-corrected chi connectivity index (χ1v) is 9.02. The average Bonchev–Trinajstić information content (AvgIpc) is 2.46. The Morgan fingerprint density at radius 1 is 0.429 bits per heavy atom. The molecule has 21 heavy (non-hydrogen) atoms. The van der Waals surface area contributed by atoms with Crippen molar-refractivity contribution in [2.24, 2.45) is 0 Å². The molecule has 122 valence electrons. The van der Waals surface area contributed by atoms with Gasteiger partial charge in [-0.1, -0.05) is 77.0 Å². The largest absolute Gasteiger partial charge is 0.393 e. The summed E-state index contributed by atoms with van der Waals surface area (Å²) in [5, 5.41) is 0. The molecule has 1 saturated heterocycles. The highest BCUT2D eigenvalue weighted by atomic mass is 16.6. The maximum Gasteiger partial charge on any atom is 0.313 e. The van der Waals surface area contributed by atoms with Crippen molar-refractivity contribution in [3.05, 3.63) is 0 Å². The zero-order valence-corrected chi connectivity index (χ0v) is 13.5. The van der Waals surface area contributed by atoms with E-state index in [9.17, 15) is 9.59 Å². The Morgan fingerprint density at radius 2 is 0.667 bits per heavy atom. The lowest BCUT2D eigenvalue weighted by atomic mass is 10.0. The van der Waals surface area contributed by atoms with Gasteiger partial charge >= 0.3 is 11.9 Å². The third kappa shape index (κ3) is 11.5. The molecule has 3 heteroatoms. The molecular formula is C18H32O3. The molecule has 0 amide bonds. The van der Waals surface area contributed by atoms with Gasteiger partial charge in [-0.3, -0.25) is 9.59 Å². The molecule has 0 spiro atoms. The molecular weight excluding hydrogens is 264 g/mol. The molecule has 0 unspecified atom stereocenters. The predicted octanol–water partition coefficient (Wildman–Crippen LogP) is 5.31. The third-order valence-electron chi connectivity index (χ3n) is 4.24. The molecule has 0 bridgehead atoms. The number of esters is 2. The normalized spacial score (nSPS) is 22.7. The van der Waals surface area contributed by atoms with E-state index in [1.54, 1.807) is 0 Å². The summed E-state index contributed by atoms with van der Waals surface area (Å²) in [4.78, 5) is 23.0. The summed E-state index contributed by atoms with van der Waals surface area (Å²) in [6.07, 6.45) is 17.7. The minimum absolute atomic E-state index is 0.335. The maximum absolute atomic E-state index is 11.5. The summed E-state index contributed by atoms with van der Waals surface area (Å²) < 4.78 is 4.84. The van der Waals surface area contributed by atoms with E-state index < -0.39 is 0 Å². The van der Waals surface area contributed by atoms with Gasteiger partial charge in [0.25, 0.3) is 0 Å². The second-order valence-corrected chi connectivity index (χ2v) is 6.30. The molecule has 0 aromatic carbocycles. The van der Waals surface area contributed by atoms with Crippen LogP contribution in [0.2, 0.25) is 0 Å². The lowest BCUT2D eigenvalue weighted by Gasteiger charge is -2.03. The molecule has 1 heterocycles. The van der Waals surface area contributed by atoms with Crippen LogP contribution >= 0.6 is 0 Å². The summed E-state index contributed by atoms with van der Waals surface area (Å²) in [7, 11) is 0. The molecule has 0 radical (unpaired) electrons. The van der Waals surface area contributed by atoms with Crippen LogP contribution in [0.15, 0.2) is 0 Å². The lowest BCUT2D eigenvalue weighted by Crippen LogP contribution is -2.11. The number of rotatable bonds is 0. The molecule has 0 aliphatic carbocycles. The number of hydrogen-bond donors (Lipinski definition) is 0. The predicted molar refractivity (Wildman–Crippen MR) is 85.0 cm³/mol. The summed E-state index contributed by atoms with van der Waals surface area (Å²) in [6.45, 7) is 0. The molecule has 0 aromatic rings. The van der Waals surface area contributed by atoms with E-state index in [1.165, 1.54) is 64.2 Å². The van der Waals surface area contributed by atoms with Gasteiger partial charge < -0.3 is 4.74 Å². The Hall–Kier alpha value is -0.860. The zero-order chi connectivity index (χ0) is 15.2. The van der Waals surface area contributed by atoms with Gasteiger partial charge in [0, 0.05) is 12.8 Å². The second kappa shape index (κ2) is 12.8. The quantitative estimate of drug-likeness (QED) is 0.449. The van der Waals surface area contributed by atoms with Crippen molar-refractivity contribution in [3.63, 3.8) is 0 Å². The van der Waals surface area contributed by atoms with Gasteiger partial charge in [-0.05, 0) is 12.8 Å². The van der Waals surface area contributed by atoms with E-state index >= 15 is 0 Å². The molecule has 1 aliphatic heterocycles. The third-order valence-corrected chi connectivity index (χ3v) is 4.24. The van der Waals surface area contributed by atoms with Crippen LogP contribution in [0.3, 0.4) is 0 Å². The van der Waals surface area contributed by atoms with Crippen LogP contribution in [0.1, 0.15) is 103 Å². The van der Waals surface area contributed by atoms with Crippen LogP contribution in [-0.4, -0.2) is 11.9 Å². The summed E-state index contributed by atoms with van der Waals surface area (Å²) >= 11 is 0. The summed E-state index contributed by atoms with van der Waals surface area (Å²) in [6, 6.07) is 0. The zero-order valence-electron chi connectivity index (χ0n) is 13.5. The number of ether oxygens (including phenoxy) is 1. The van der Waals surface area contributed by atoms with E-state index in [2.05, 4.69) is 0 Å². The molecule has 0 N–H and O–H groups in total. The molecule has 1 rings (SSSR count). The molecule has 0 atom stereocenters. The van der Waals surface area contributed by atoms with Crippen molar-refractivity contribution in [3.8, 4) is 0 Å². The number of carbonyl (C=O) groups is 2. The van der Waals surface area contributed by atoms with Crippen molar-refractivity contribution in [2.45, 2.75) is 103 Å². The number of carbonyl (C=O) groups excluding carboxylic acids is 2. The van der Waals surface area contributed by atoms with E-state index in [0.29, 0.717) is 12.8 Å². The smallest absolute Gasteiger partial charge is 0.313 e. The highest BCUT2D eigenvalue weighted by molar-refractivity contribution is 5.85. The van der Waals surface area contributed by atoms with Gasteiger partial charge in [0.05, 0.1) is 0 Å². The van der Waals surface area contributed by atoms with Crippen molar-refractivity contribution in [1.82, 2.24) is 0 Å². The second-order valence-electron chi connectivity index (χ2n) is 6.30. The van der Waals surface area contributed by atoms with Crippen LogP contribution in [0.25, 0.3) is 0 Å². The van der Waals surface area contributed by atoms with E-state index in [0.717, 1.165) is 25.7 Å². The van der Waals surface area contributed by atoms with Gasteiger partial charge in [0.15, 0.2) is 0 Å². The Bertz CT molecular complexity index is 258. The molecule has 1 aliphatic rings. The van der Waals surface area contributed by atoms with Crippen LogP contribution < -0.4 is 0 Å². The average molecular weight is 296 g/mol. The first-order chi connectivity index (χ1) is 10.3. The SMILES string of the molecule is O=C1CCCCCCCCCCCCCCCCC(=O)O1. The first kappa shape index (κ1) is 18.2. The van der Waals surface area contributed by atoms with Crippen LogP contribution in [0, 0.1) is 0 Å². The number of hydrogen-bond acceptors (Lipinski definition) is 3. The van der Waals surface area contributed by atoms with E-state index in [1.807, 2.05) is 0 Å². The fraction of sp³-hybridized carbons (Fsp3) is 0.889. The standard InChI is InChI=1S/C18H32O3/c19-17-15-13-11-9-7-5-3-1-2-4-6-8-10-12-14-16-18(20)21-17/h1-16H2. The highest BCUT2D eigenvalue weighted by Gasteiger charge is 2.09. The van der Waals surface area contributed by atoms with Crippen molar-refractivity contribution in [1.29, 1.82) is 0 Å². The van der Waals surface area contributed by atoms with Gasteiger partial charge in [0.1, 0.15) is 0 Å². The van der Waals surface area contributed by atoms with Gasteiger partial charge in [0.2, 0.25) is 0 Å². The molecule has 3 nitrogen and oxygen atoms in total. The Kier molecular flexibility index (Phi) is 11.1. The maximum atomic E-state index is 11.5. The first-order valence-electron chi connectivity index (χ1n) is 9.02. The molecule has 0 aromatic heterocycles. The van der Waals surface area contributed by atoms with Gasteiger partial charge in [-0.15, -0.1) is 0 Å². The molecule has 0 saturated carbocycles. The van der Waals surface area contributed by atoms with E-state index in [-0.39, 0.29) is 11.9 Å². The summed E-state index contributed by atoms with van der Waals surface area (Å²) in [5.74, 6) is -0.671. The van der Waals surface area contributed by atoms with Crippen molar-refractivity contribution < 1.29 is 14.3 Å². The molecule has 1 fully saturated rings. The van der Waals surface area contributed by atoms with Crippen LogP contribution in [-0.2, 0) is 14.3 Å². The Morgan fingerprint density at radius 3 is 0.952 bits per heavy atom. The number of cyclic esters (lactones) is 2. The minimum Gasteiger partial charge on any atom is -0.393 e. The Labute approximate surface area is 129 Å². The van der Waals surface area contributed by atoms with E-state index in [4.69, 9.17) is 4.74 Å². The highest BCUT2D eigenvalue weighted by Crippen LogP contribution is 2.14. The van der Waals surface area contributed by atoms with Crippen molar-refractivity contribution in [2.75, 3.05) is 0 Å².